The number of aromatic nitrogens is 1. The van der Waals surface area contributed by atoms with Crippen molar-refractivity contribution in [2.24, 2.45) is 0 Å². The van der Waals surface area contributed by atoms with Crippen molar-refractivity contribution in [3.63, 3.8) is 0 Å². The van der Waals surface area contributed by atoms with Gasteiger partial charge in [-0.05, 0) is 23.3 Å². The third kappa shape index (κ3) is 2.71. The highest BCUT2D eigenvalue weighted by molar-refractivity contribution is 5.54. The molecule has 4 nitrogen and oxygen atoms in total. The van der Waals surface area contributed by atoms with Crippen LogP contribution in [0.2, 0.25) is 0 Å². The summed E-state index contributed by atoms with van der Waals surface area (Å²) in [5.41, 5.74) is 15.6. The molecular weight excluding hydrogens is 224 g/mol. The number of hydrogen-bond acceptors (Lipinski definition) is 4. The third-order valence-electron chi connectivity index (χ3n) is 2.89. The normalized spacial score (nSPS) is 10.3. The third-order valence-corrected chi connectivity index (χ3v) is 2.89. The maximum atomic E-state index is 5.92. The monoisotopic (exact) mass is 242 g/mol. The molecule has 0 fully saturated rings. The van der Waals surface area contributed by atoms with Crippen LogP contribution in [0.3, 0.4) is 0 Å². The molecule has 2 aromatic rings. The van der Waals surface area contributed by atoms with E-state index < -0.39 is 0 Å². The Balaban J connectivity index is 2.18. The summed E-state index contributed by atoms with van der Waals surface area (Å²) in [5, 5.41) is 0. The van der Waals surface area contributed by atoms with Crippen LogP contribution in [-0.2, 0) is 6.42 Å². The van der Waals surface area contributed by atoms with E-state index in [1.807, 2.05) is 14.1 Å². The number of hydrogen-bond donors (Lipinski definition) is 2. The Morgan fingerprint density at radius 2 is 1.78 bits per heavy atom. The van der Waals surface area contributed by atoms with Crippen molar-refractivity contribution >= 4 is 17.2 Å². The van der Waals surface area contributed by atoms with Crippen molar-refractivity contribution in [3.8, 4) is 0 Å². The second-order valence-electron chi connectivity index (χ2n) is 4.55. The standard InChI is InChI=1S/C14H18N4/c1-18(2)12-5-3-10(4-6-12)7-11-9-17-14(16)8-13(11)15/h3-6,8-9H,7H2,1-2H3,(H4,15,16,17). The fraction of sp³-hybridized carbons (Fsp3) is 0.214. The van der Waals surface area contributed by atoms with E-state index in [1.54, 1.807) is 12.3 Å². The molecule has 0 bridgehead atoms. The number of nitrogen functional groups attached to an aromatic ring is 2. The summed E-state index contributed by atoms with van der Waals surface area (Å²) in [7, 11) is 4.05. The van der Waals surface area contributed by atoms with Gasteiger partial charge in [0.05, 0.1) is 0 Å². The maximum absolute atomic E-state index is 5.92. The highest BCUT2D eigenvalue weighted by Crippen LogP contribution is 2.19. The van der Waals surface area contributed by atoms with Gasteiger partial charge >= 0.3 is 0 Å². The minimum atomic E-state index is 0.458. The van der Waals surface area contributed by atoms with Crippen LogP contribution in [-0.4, -0.2) is 19.1 Å². The van der Waals surface area contributed by atoms with Gasteiger partial charge in [0.25, 0.3) is 0 Å². The molecule has 0 amide bonds. The smallest absolute Gasteiger partial charge is 0.125 e. The summed E-state index contributed by atoms with van der Waals surface area (Å²) in [6.07, 6.45) is 2.51. The SMILES string of the molecule is CN(C)c1ccc(Cc2cnc(N)cc2N)cc1. The number of benzene rings is 1. The lowest BCUT2D eigenvalue weighted by Crippen LogP contribution is -2.08. The first-order chi connectivity index (χ1) is 8.56. The Bertz CT molecular complexity index is 532. The van der Waals surface area contributed by atoms with Gasteiger partial charge in [0.15, 0.2) is 0 Å². The fourth-order valence-corrected chi connectivity index (χ4v) is 1.80. The van der Waals surface area contributed by atoms with Crippen molar-refractivity contribution in [3.05, 3.63) is 47.7 Å². The molecule has 94 valence electrons. The molecule has 1 aromatic heterocycles. The van der Waals surface area contributed by atoms with E-state index in [9.17, 15) is 0 Å². The van der Waals surface area contributed by atoms with Crippen molar-refractivity contribution in [2.45, 2.75) is 6.42 Å². The van der Waals surface area contributed by atoms with Crippen molar-refractivity contribution < 1.29 is 0 Å². The average molecular weight is 242 g/mol. The topological polar surface area (TPSA) is 68.2 Å². The minimum absolute atomic E-state index is 0.458. The van der Waals surface area contributed by atoms with Gasteiger partial charge < -0.3 is 16.4 Å². The number of nitrogens with two attached hydrogens (primary N) is 2. The van der Waals surface area contributed by atoms with Gasteiger partial charge in [0, 0.05) is 44.2 Å². The molecule has 4 N–H and O–H groups in total. The molecule has 0 atom stereocenters. The Hall–Kier alpha value is -2.23. The maximum Gasteiger partial charge on any atom is 0.125 e. The predicted octanol–water partition coefficient (Wildman–Crippen LogP) is 1.90. The van der Waals surface area contributed by atoms with Crippen molar-refractivity contribution in [1.82, 2.24) is 4.98 Å². The first kappa shape index (κ1) is 12.2. The number of rotatable bonds is 3. The molecular formula is C14H18N4. The van der Waals surface area contributed by atoms with E-state index in [-0.39, 0.29) is 0 Å². The van der Waals surface area contributed by atoms with Crippen LogP contribution in [0, 0.1) is 0 Å². The van der Waals surface area contributed by atoms with E-state index in [4.69, 9.17) is 11.5 Å². The van der Waals surface area contributed by atoms with E-state index in [2.05, 4.69) is 34.1 Å². The van der Waals surface area contributed by atoms with Gasteiger partial charge in [-0.1, -0.05) is 12.1 Å². The van der Waals surface area contributed by atoms with Gasteiger partial charge in [0.2, 0.25) is 0 Å². The second-order valence-corrected chi connectivity index (χ2v) is 4.55. The van der Waals surface area contributed by atoms with Crippen molar-refractivity contribution in [1.29, 1.82) is 0 Å². The lowest BCUT2D eigenvalue weighted by Gasteiger charge is -2.13. The van der Waals surface area contributed by atoms with Gasteiger partial charge in [0.1, 0.15) is 5.82 Å². The largest absolute Gasteiger partial charge is 0.398 e. The molecule has 0 unspecified atom stereocenters. The molecule has 0 aliphatic rings. The molecule has 0 saturated carbocycles. The number of anilines is 3. The highest BCUT2D eigenvalue weighted by atomic mass is 15.1. The molecule has 0 aliphatic heterocycles. The van der Waals surface area contributed by atoms with E-state index in [1.165, 1.54) is 11.3 Å². The zero-order chi connectivity index (χ0) is 13.1. The Morgan fingerprint density at radius 1 is 1.11 bits per heavy atom. The van der Waals surface area contributed by atoms with Gasteiger partial charge in [-0.15, -0.1) is 0 Å². The zero-order valence-electron chi connectivity index (χ0n) is 10.7. The summed E-state index contributed by atoms with van der Waals surface area (Å²) >= 11 is 0. The lowest BCUT2D eigenvalue weighted by molar-refractivity contribution is 1.11. The lowest BCUT2D eigenvalue weighted by atomic mass is 10.0. The Morgan fingerprint density at radius 3 is 2.33 bits per heavy atom. The van der Waals surface area contributed by atoms with E-state index in [0.29, 0.717) is 11.5 Å². The average Bonchev–Trinajstić information content (AvgIpc) is 2.33. The van der Waals surface area contributed by atoms with Crippen LogP contribution in [0.5, 0.6) is 0 Å². The number of pyridine rings is 1. The summed E-state index contributed by atoms with van der Waals surface area (Å²) in [6, 6.07) is 10.1. The molecule has 4 heteroatoms. The molecule has 2 rings (SSSR count). The summed E-state index contributed by atoms with van der Waals surface area (Å²) in [4.78, 5) is 6.14. The van der Waals surface area contributed by atoms with Crippen LogP contribution in [0.25, 0.3) is 0 Å². The molecule has 0 saturated heterocycles. The van der Waals surface area contributed by atoms with Crippen LogP contribution in [0.4, 0.5) is 17.2 Å². The van der Waals surface area contributed by atoms with Gasteiger partial charge in [-0.3, -0.25) is 0 Å². The summed E-state index contributed by atoms with van der Waals surface area (Å²) in [5.74, 6) is 0.458. The van der Waals surface area contributed by atoms with Crippen LogP contribution >= 0.6 is 0 Å². The van der Waals surface area contributed by atoms with E-state index >= 15 is 0 Å². The minimum Gasteiger partial charge on any atom is -0.398 e. The Labute approximate surface area is 107 Å². The van der Waals surface area contributed by atoms with Crippen LogP contribution in [0.1, 0.15) is 11.1 Å². The zero-order valence-corrected chi connectivity index (χ0v) is 10.7. The number of nitrogens with zero attached hydrogens (tertiary/aromatic N) is 2. The molecule has 0 radical (unpaired) electrons. The highest BCUT2D eigenvalue weighted by Gasteiger charge is 2.03. The van der Waals surface area contributed by atoms with Gasteiger partial charge in [-0.25, -0.2) is 4.98 Å². The van der Waals surface area contributed by atoms with Crippen LogP contribution in [0.15, 0.2) is 36.5 Å². The first-order valence-corrected chi connectivity index (χ1v) is 5.82. The van der Waals surface area contributed by atoms with Crippen LogP contribution < -0.4 is 16.4 Å². The Kier molecular flexibility index (Phi) is 3.37. The predicted molar refractivity (Wildman–Crippen MR) is 76.6 cm³/mol. The van der Waals surface area contributed by atoms with E-state index in [0.717, 1.165) is 12.0 Å². The summed E-state index contributed by atoms with van der Waals surface area (Å²) in [6.45, 7) is 0. The molecule has 1 heterocycles. The molecule has 0 aliphatic carbocycles. The molecule has 1 aromatic carbocycles. The molecule has 18 heavy (non-hydrogen) atoms. The quantitative estimate of drug-likeness (QED) is 0.862. The summed E-state index contributed by atoms with van der Waals surface area (Å²) < 4.78 is 0. The van der Waals surface area contributed by atoms with Gasteiger partial charge in [-0.2, -0.15) is 0 Å². The second kappa shape index (κ2) is 4.96. The fourth-order valence-electron chi connectivity index (χ4n) is 1.80. The van der Waals surface area contributed by atoms with Crippen molar-refractivity contribution in [2.75, 3.05) is 30.5 Å². The first-order valence-electron chi connectivity index (χ1n) is 5.82. The molecule has 0 spiro atoms.